The van der Waals surface area contributed by atoms with Crippen LogP contribution in [0.2, 0.25) is 0 Å². The summed E-state index contributed by atoms with van der Waals surface area (Å²) >= 11 is 0. The van der Waals surface area contributed by atoms with Crippen molar-refractivity contribution in [1.29, 1.82) is 5.26 Å². The molecule has 0 bridgehead atoms. The molecule has 1 aromatic rings. The van der Waals surface area contributed by atoms with E-state index in [0.717, 1.165) is 25.7 Å². The maximum absolute atomic E-state index is 12.0. The molecule has 1 saturated carbocycles. The summed E-state index contributed by atoms with van der Waals surface area (Å²) in [4.78, 5) is 24.1. The van der Waals surface area contributed by atoms with Crippen molar-refractivity contribution in [2.45, 2.75) is 57.8 Å². The highest BCUT2D eigenvalue weighted by atomic mass is 16.6. The van der Waals surface area contributed by atoms with Crippen LogP contribution in [-0.2, 0) is 14.3 Å². The van der Waals surface area contributed by atoms with Crippen molar-refractivity contribution in [3.05, 3.63) is 29.8 Å². The maximum atomic E-state index is 12.0. The Labute approximate surface area is 141 Å². The number of nitrogens with one attached hydrogen (secondary N) is 1. The summed E-state index contributed by atoms with van der Waals surface area (Å²) in [5.74, 6) is -0.421. The maximum Gasteiger partial charge on any atom is 0.347 e. The summed E-state index contributed by atoms with van der Waals surface area (Å²) in [5.41, 5.74) is 0.509. The van der Waals surface area contributed by atoms with E-state index in [9.17, 15) is 9.59 Å². The average molecular weight is 330 g/mol. The zero-order chi connectivity index (χ0) is 17.5. The van der Waals surface area contributed by atoms with E-state index in [2.05, 4.69) is 5.32 Å². The minimum absolute atomic E-state index is 0.186. The van der Waals surface area contributed by atoms with E-state index in [1.54, 1.807) is 38.1 Å². The molecule has 1 aliphatic rings. The molecule has 1 aromatic carbocycles. The molecule has 128 valence electrons. The molecule has 0 heterocycles. The lowest BCUT2D eigenvalue weighted by atomic mass is 10.2. The molecular weight excluding hydrogens is 308 g/mol. The predicted molar refractivity (Wildman–Crippen MR) is 87.2 cm³/mol. The van der Waals surface area contributed by atoms with Gasteiger partial charge in [0.25, 0.3) is 5.91 Å². The number of benzene rings is 1. The molecule has 0 aromatic heterocycles. The lowest BCUT2D eigenvalue weighted by Gasteiger charge is -2.19. The predicted octanol–water partition coefficient (Wildman–Crippen LogP) is 2.32. The van der Waals surface area contributed by atoms with Crippen LogP contribution in [-0.4, -0.2) is 30.1 Å². The molecule has 1 aliphatic carbocycles. The standard InChI is InChI=1S/C18H22N2O4/c1-12(17(21)20-15-5-3-4-6-15)24-18(22)13(2)23-16-9-7-14(11-19)8-10-16/h7-10,12-13,15H,3-6H2,1-2H3,(H,20,21)/t12-,13+/m0/s1. The molecule has 1 amide bonds. The smallest absolute Gasteiger partial charge is 0.347 e. The first-order valence-corrected chi connectivity index (χ1v) is 8.17. The number of esters is 1. The molecular formula is C18H22N2O4. The zero-order valence-electron chi connectivity index (χ0n) is 14.0. The second-order valence-electron chi connectivity index (χ2n) is 5.97. The first kappa shape index (κ1) is 17.8. The van der Waals surface area contributed by atoms with Crippen LogP contribution in [0.25, 0.3) is 0 Å². The molecule has 6 heteroatoms. The van der Waals surface area contributed by atoms with Gasteiger partial charge in [0, 0.05) is 6.04 Å². The van der Waals surface area contributed by atoms with Gasteiger partial charge in [0.1, 0.15) is 5.75 Å². The lowest BCUT2D eigenvalue weighted by Crippen LogP contribution is -2.42. The molecule has 0 spiro atoms. The van der Waals surface area contributed by atoms with E-state index in [1.165, 1.54) is 0 Å². The molecule has 0 unspecified atom stereocenters. The monoisotopic (exact) mass is 330 g/mol. The molecule has 1 N–H and O–H groups in total. The topological polar surface area (TPSA) is 88.4 Å². The Balaban J connectivity index is 1.81. The van der Waals surface area contributed by atoms with Crippen molar-refractivity contribution < 1.29 is 19.1 Å². The summed E-state index contributed by atoms with van der Waals surface area (Å²) in [6.07, 6.45) is 2.49. The van der Waals surface area contributed by atoms with Crippen LogP contribution in [0.15, 0.2) is 24.3 Å². The normalized spacial score (nSPS) is 16.7. The number of hydrogen-bond donors (Lipinski definition) is 1. The summed E-state index contributed by atoms with van der Waals surface area (Å²) in [6.45, 7) is 3.11. The second kappa shape index (κ2) is 8.34. The fourth-order valence-corrected chi connectivity index (χ4v) is 2.57. The molecule has 2 rings (SSSR count). The summed E-state index contributed by atoms with van der Waals surface area (Å²) < 4.78 is 10.6. The van der Waals surface area contributed by atoms with Crippen LogP contribution >= 0.6 is 0 Å². The van der Waals surface area contributed by atoms with Gasteiger partial charge in [-0.3, -0.25) is 4.79 Å². The van der Waals surface area contributed by atoms with Crippen LogP contribution in [0.3, 0.4) is 0 Å². The van der Waals surface area contributed by atoms with Gasteiger partial charge in [-0.2, -0.15) is 5.26 Å². The number of amides is 1. The van der Waals surface area contributed by atoms with Gasteiger partial charge in [0.05, 0.1) is 11.6 Å². The van der Waals surface area contributed by atoms with Crippen LogP contribution in [0.1, 0.15) is 45.1 Å². The van der Waals surface area contributed by atoms with Gasteiger partial charge in [-0.25, -0.2) is 4.79 Å². The Kier molecular flexibility index (Phi) is 6.19. The van der Waals surface area contributed by atoms with Gasteiger partial charge in [-0.15, -0.1) is 0 Å². The van der Waals surface area contributed by atoms with E-state index in [0.29, 0.717) is 11.3 Å². The Hall–Kier alpha value is -2.55. The van der Waals surface area contributed by atoms with E-state index in [-0.39, 0.29) is 11.9 Å². The number of hydrogen-bond acceptors (Lipinski definition) is 5. The third-order valence-electron chi connectivity index (χ3n) is 3.99. The Morgan fingerprint density at radius 2 is 1.79 bits per heavy atom. The SMILES string of the molecule is C[C@H](OC(=O)[C@@H](C)Oc1ccc(C#N)cc1)C(=O)NC1CCCC1. The highest BCUT2D eigenvalue weighted by Crippen LogP contribution is 2.18. The fraction of sp³-hybridized carbons (Fsp3) is 0.500. The van der Waals surface area contributed by atoms with Crippen molar-refractivity contribution in [2.75, 3.05) is 0 Å². The number of nitrogens with zero attached hydrogens (tertiary/aromatic N) is 1. The van der Waals surface area contributed by atoms with E-state index < -0.39 is 18.2 Å². The number of rotatable bonds is 6. The van der Waals surface area contributed by atoms with E-state index in [4.69, 9.17) is 14.7 Å². The van der Waals surface area contributed by atoms with Crippen molar-refractivity contribution in [3.63, 3.8) is 0 Å². The molecule has 2 atom stereocenters. The molecule has 24 heavy (non-hydrogen) atoms. The Bertz CT molecular complexity index is 615. The Morgan fingerprint density at radius 1 is 1.17 bits per heavy atom. The van der Waals surface area contributed by atoms with Crippen LogP contribution in [0, 0.1) is 11.3 Å². The number of carbonyl (C=O) groups excluding carboxylic acids is 2. The summed E-state index contributed by atoms with van der Waals surface area (Å²) in [7, 11) is 0. The Morgan fingerprint density at radius 3 is 2.38 bits per heavy atom. The molecule has 0 radical (unpaired) electrons. The van der Waals surface area contributed by atoms with Crippen molar-refractivity contribution in [3.8, 4) is 11.8 Å². The molecule has 1 fully saturated rings. The minimum Gasteiger partial charge on any atom is -0.479 e. The van der Waals surface area contributed by atoms with Crippen molar-refractivity contribution in [2.24, 2.45) is 0 Å². The second-order valence-corrected chi connectivity index (χ2v) is 5.97. The van der Waals surface area contributed by atoms with Crippen LogP contribution < -0.4 is 10.1 Å². The third-order valence-corrected chi connectivity index (χ3v) is 3.99. The zero-order valence-corrected chi connectivity index (χ0v) is 14.0. The highest BCUT2D eigenvalue weighted by molar-refractivity contribution is 5.84. The minimum atomic E-state index is -0.856. The molecule has 0 aliphatic heterocycles. The quantitative estimate of drug-likeness (QED) is 0.809. The summed E-state index contributed by atoms with van der Waals surface area (Å²) in [6, 6.07) is 8.62. The van der Waals surface area contributed by atoms with Gasteiger partial charge in [0.2, 0.25) is 0 Å². The highest BCUT2D eigenvalue weighted by Gasteiger charge is 2.25. The number of nitriles is 1. The van der Waals surface area contributed by atoms with Gasteiger partial charge in [-0.05, 0) is 51.0 Å². The molecule has 0 saturated heterocycles. The van der Waals surface area contributed by atoms with Crippen molar-refractivity contribution in [1.82, 2.24) is 5.32 Å². The first-order valence-electron chi connectivity index (χ1n) is 8.17. The number of ether oxygens (including phenoxy) is 2. The van der Waals surface area contributed by atoms with Gasteiger partial charge >= 0.3 is 5.97 Å². The van der Waals surface area contributed by atoms with Gasteiger partial charge in [-0.1, -0.05) is 12.8 Å². The third kappa shape index (κ3) is 4.98. The van der Waals surface area contributed by atoms with E-state index >= 15 is 0 Å². The van der Waals surface area contributed by atoms with Crippen LogP contribution in [0.4, 0.5) is 0 Å². The molecule has 6 nitrogen and oxygen atoms in total. The van der Waals surface area contributed by atoms with Crippen molar-refractivity contribution >= 4 is 11.9 Å². The first-order chi connectivity index (χ1) is 11.5. The average Bonchev–Trinajstić information content (AvgIpc) is 3.08. The summed E-state index contributed by atoms with van der Waals surface area (Å²) in [5, 5.41) is 11.6. The van der Waals surface area contributed by atoms with Gasteiger partial charge < -0.3 is 14.8 Å². The number of carbonyl (C=O) groups is 2. The largest absolute Gasteiger partial charge is 0.479 e. The lowest BCUT2D eigenvalue weighted by molar-refractivity contribution is -0.161. The van der Waals surface area contributed by atoms with Crippen LogP contribution in [0.5, 0.6) is 5.75 Å². The van der Waals surface area contributed by atoms with Gasteiger partial charge in [0.15, 0.2) is 12.2 Å². The van der Waals surface area contributed by atoms with E-state index in [1.807, 2.05) is 6.07 Å². The fourth-order valence-electron chi connectivity index (χ4n) is 2.57.